The molecule has 0 radical (unpaired) electrons. The van der Waals surface area contributed by atoms with E-state index in [-0.39, 0.29) is 17.5 Å². The number of hydrogen-bond donors (Lipinski definition) is 0. The minimum absolute atomic E-state index is 0.0697. The topological polar surface area (TPSA) is 35.5 Å². The Labute approximate surface area is 190 Å². The summed E-state index contributed by atoms with van der Waals surface area (Å²) >= 11 is -2.42. The van der Waals surface area contributed by atoms with Crippen molar-refractivity contribution in [2.45, 2.75) is 106 Å². The van der Waals surface area contributed by atoms with E-state index in [2.05, 4.69) is 52.2 Å². The van der Waals surface area contributed by atoms with E-state index in [1.54, 1.807) is 0 Å². The molecule has 0 saturated carbocycles. The molecule has 1 saturated heterocycles. The van der Waals surface area contributed by atoms with Crippen LogP contribution in [-0.4, -0.2) is 44.2 Å². The molecular formula is C26H48O3Sn. The van der Waals surface area contributed by atoms with Crippen LogP contribution in [0.5, 0.6) is 0 Å². The maximum atomic E-state index is 12.0. The van der Waals surface area contributed by atoms with Crippen LogP contribution in [0.1, 0.15) is 86.5 Å². The second kappa shape index (κ2) is 13.3. The summed E-state index contributed by atoms with van der Waals surface area (Å²) in [6.45, 7) is 18.5. The molecule has 0 bridgehead atoms. The van der Waals surface area contributed by atoms with Crippen molar-refractivity contribution >= 4 is 24.3 Å². The second-order valence-electron chi connectivity index (χ2n) is 10.1. The summed E-state index contributed by atoms with van der Waals surface area (Å²) in [4.78, 5) is 12.0. The Kier molecular flexibility index (Phi) is 12.3. The number of carbonyl (C=O) groups is 1. The van der Waals surface area contributed by atoms with Crippen LogP contribution in [0.25, 0.3) is 0 Å². The molecule has 2 unspecified atom stereocenters. The van der Waals surface area contributed by atoms with Gasteiger partial charge < -0.3 is 0 Å². The van der Waals surface area contributed by atoms with E-state index < -0.39 is 18.4 Å². The fourth-order valence-electron chi connectivity index (χ4n) is 5.03. The van der Waals surface area contributed by atoms with Gasteiger partial charge in [0.2, 0.25) is 0 Å². The number of hydrogen-bond acceptors (Lipinski definition) is 3. The molecule has 0 N–H and O–H groups in total. The Morgan fingerprint density at radius 2 is 1.63 bits per heavy atom. The van der Waals surface area contributed by atoms with Crippen molar-refractivity contribution in [3.05, 3.63) is 21.8 Å². The van der Waals surface area contributed by atoms with Gasteiger partial charge in [-0.15, -0.1) is 0 Å². The van der Waals surface area contributed by atoms with Crippen molar-refractivity contribution in [1.29, 1.82) is 0 Å². The third-order valence-corrected chi connectivity index (χ3v) is 21.3. The van der Waals surface area contributed by atoms with Gasteiger partial charge in [-0.05, 0) is 0 Å². The van der Waals surface area contributed by atoms with Gasteiger partial charge in [0.05, 0.1) is 0 Å². The minimum atomic E-state index is -2.42. The third-order valence-electron chi connectivity index (χ3n) is 7.03. The van der Waals surface area contributed by atoms with Gasteiger partial charge in [0.1, 0.15) is 0 Å². The van der Waals surface area contributed by atoms with Gasteiger partial charge >= 0.3 is 191 Å². The molecule has 1 rings (SSSR count). The second-order valence-corrected chi connectivity index (χ2v) is 23.0. The summed E-state index contributed by atoms with van der Waals surface area (Å²) in [6, 6.07) is 0. The van der Waals surface area contributed by atoms with Gasteiger partial charge in [0.15, 0.2) is 0 Å². The third kappa shape index (κ3) is 8.00. The first-order valence-electron chi connectivity index (χ1n) is 12.3. The molecule has 174 valence electrons. The molecule has 0 amide bonds. The molecule has 0 spiro atoms. The van der Waals surface area contributed by atoms with E-state index in [4.69, 9.17) is 9.47 Å². The molecule has 1 heterocycles. The van der Waals surface area contributed by atoms with Gasteiger partial charge in [0, 0.05) is 0 Å². The summed E-state index contributed by atoms with van der Waals surface area (Å²) in [5.74, 6) is 0.0674. The van der Waals surface area contributed by atoms with E-state index >= 15 is 0 Å². The number of rotatable bonds is 14. The van der Waals surface area contributed by atoms with Crippen LogP contribution in [0, 0.1) is 11.3 Å². The first kappa shape index (κ1) is 27.7. The molecule has 4 heteroatoms. The monoisotopic (exact) mass is 528 g/mol. The number of esters is 1. The number of methoxy groups -OCH3 is 1. The van der Waals surface area contributed by atoms with Crippen LogP contribution in [0.4, 0.5) is 0 Å². The van der Waals surface area contributed by atoms with Crippen molar-refractivity contribution in [3.8, 4) is 0 Å². The summed E-state index contributed by atoms with van der Waals surface area (Å²) in [6.07, 6.45) is 8.84. The zero-order valence-corrected chi connectivity index (χ0v) is 23.8. The molecule has 3 nitrogen and oxygen atoms in total. The summed E-state index contributed by atoms with van der Waals surface area (Å²) in [5.41, 5.74) is 2.04. The molecular weight excluding hydrogens is 479 g/mol. The molecule has 2 atom stereocenters. The van der Waals surface area contributed by atoms with E-state index in [0.29, 0.717) is 17.9 Å². The zero-order chi connectivity index (χ0) is 22.8. The Hall–Kier alpha value is -0.291. The van der Waals surface area contributed by atoms with Crippen LogP contribution in [0.15, 0.2) is 21.8 Å². The number of ether oxygens (including phenoxy) is 2. The SMILES string of the molecule is C=C(CC(C)(C)C1COC(C)/C1=[CH]\[Sn]([CH2]CCC)([CH2]CCC)[CH2]CCC)C(=O)OC. The van der Waals surface area contributed by atoms with Gasteiger partial charge in [-0.25, -0.2) is 0 Å². The van der Waals surface area contributed by atoms with Crippen molar-refractivity contribution in [3.63, 3.8) is 0 Å². The summed E-state index contributed by atoms with van der Waals surface area (Å²) in [7, 11) is 1.44. The van der Waals surface area contributed by atoms with Crippen molar-refractivity contribution in [2.75, 3.05) is 13.7 Å². The molecule has 1 fully saturated rings. The molecule has 1 aliphatic heterocycles. The van der Waals surface area contributed by atoms with Crippen LogP contribution in [-0.2, 0) is 14.3 Å². The average molecular weight is 527 g/mol. The standard InChI is InChI=1S/C14H21O3.3C4H9.Sn/c1-9(13(15)16-6)7-14(4,5)12-8-17-11(3)10(12)2;3*1-3-4-2;/h2,11-12H,1,7-8H2,3-6H3;3*1,3-4H2,2H3;. The molecule has 1 aliphatic rings. The average Bonchev–Trinajstić information content (AvgIpc) is 3.08. The normalized spacial score (nSPS) is 21.2. The number of carbonyl (C=O) groups excluding carboxylic acids is 1. The molecule has 0 aromatic rings. The predicted molar refractivity (Wildman–Crippen MR) is 131 cm³/mol. The van der Waals surface area contributed by atoms with Gasteiger partial charge in [-0.2, -0.15) is 0 Å². The van der Waals surface area contributed by atoms with Crippen LogP contribution >= 0.6 is 0 Å². The van der Waals surface area contributed by atoms with E-state index in [9.17, 15) is 4.79 Å². The summed E-state index contributed by atoms with van der Waals surface area (Å²) in [5, 5.41) is 0. The van der Waals surface area contributed by atoms with Gasteiger partial charge in [0.25, 0.3) is 0 Å². The Bertz CT molecular complexity index is 557. The maximum absolute atomic E-state index is 12.0. The van der Waals surface area contributed by atoms with Crippen molar-refractivity contribution < 1.29 is 14.3 Å². The van der Waals surface area contributed by atoms with Crippen LogP contribution in [0.3, 0.4) is 0 Å². The molecule has 0 aromatic carbocycles. The fourth-order valence-corrected chi connectivity index (χ4v) is 20.7. The van der Waals surface area contributed by atoms with Crippen molar-refractivity contribution in [1.82, 2.24) is 0 Å². The predicted octanol–water partition coefficient (Wildman–Crippen LogP) is 7.48. The zero-order valence-electron chi connectivity index (χ0n) is 20.9. The van der Waals surface area contributed by atoms with Crippen LogP contribution < -0.4 is 0 Å². The Morgan fingerprint density at radius 1 is 1.13 bits per heavy atom. The summed E-state index contributed by atoms with van der Waals surface area (Å²) < 4.78 is 18.4. The fraction of sp³-hybridized carbons (Fsp3) is 0.808. The van der Waals surface area contributed by atoms with E-state index in [1.165, 1.54) is 64.5 Å². The number of unbranched alkanes of at least 4 members (excludes halogenated alkanes) is 3. The Morgan fingerprint density at radius 3 is 2.07 bits per heavy atom. The van der Waals surface area contributed by atoms with Gasteiger partial charge in [-0.3, -0.25) is 0 Å². The molecule has 0 aromatic heterocycles. The first-order chi connectivity index (χ1) is 14.2. The molecule has 30 heavy (non-hydrogen) atoms. The van der Waals surface area contributed by atoms with E-state index in [0.717, 1.165) is 6.61 Å². The quantitative estimate of drug-likeness (QED) is 0.134. The first-order valence-corrected chi connectivity index (χ1v) is 20.0. The van der Waals surface area contributed by atoms with E-state index in [1.807, 2.05) is 0 Å². The molecule has 0 aliphatic carbocycles. The Balaban J connectivity index is 3.27. The van der Waals surface area contributed by atoms with Gasteiger partial charge in [-0.1, -0.05) is 0 Å². The van der Waals surface area contributed by atoms with Crippen LogP contribution in [0.2, 0.25) is 13.3 Å². The van der Waals surface area contributed by atoms with Crippen molar-refractivity contribution in [2.24, 2.45) is 11.3 Å².